The highest BCUT2D eigenvalue weighted by Gasteiger charge is 2.22. The summed E-state index contributed by atoms with van der Waals surface area (Å²) in [4.78, 5) is 20.7. The fourth-order valence-electron chi connectivity index (χ4n) is 3.09. The highest BCUT2D eigenvalue weighted by atomic mass is 32.2. The highest BCUT2D eigenvalue weighted by molar-refractivity contribution is 7.99. The van der Waals surface area contributed by atoms with Crippen LogP contribution in [0.25, 0.3) is 11.5 Å². The zero-order valence-corrected chi connectivity index (χ0v) is 16.5. The molecule has 0 spiro atoms. The minimum Gasteiger partial charge on any atom is -0.411 e. The molecule has 2 aromatic heterocycles. The average molecular weight is 413 g/mol. The second-order valence-corrected chi connectivity index (χ2v) is 7.61. The van der Waals surface area contributed by atoms with E-state index in [1.807, 2.05) is 17.0 Å². The molecule has 0 radical (unpaired) electrons. The van der Waals surface area contributed by atoms with E-state index in [-0.39, 0.29) is 17.5 Å². The Morgan fingerprint density at radius 3 is 2.48 bits per heavy atom. The fraction of sp³-hybridized carbons (Fsp3) is 0.300. The van der Waals surface area contributed by atoms with E-state index in [2.05, 4.69) is 20.1 Å². The smallest absolute Gasteiger partial charge is 0.277 e. The Hall–Kier alpha value is -2.78. The minimum absolute atomic E-state index is 0.0556. The number of carbonyl (C=O) groups is 1. The van der Waals surface area contributed by atoms with Gasteiger partial charge in [0.2, 0.25) is 11.8 Å². The van der Waals surface area contributed by atoms with Crippen molar-refractivity contribution in [3.8, 4) is 11.5 Å². The Morgan fingerprint density at radius 2 is 1.76 bits per heavy atom. The van der Waals surface area contributed by atoms with E-state index in [0.717, 1.165) is 19.6 Å². The molecule has 4 rings (SSSR count). The number of hydrogen-bond donors (Lipinski definition) is 0. The maximum absolute atomic E-state index is 13.0. The number of rotatable bonds is 6. The summed E-state index contributed by atoms with van der Waals surface area (Å²) in [5.74, 6) is 0.286. The highest BCUT2D eigenvalue weighted by Crippen LogP contribution is 2.23. The van der Waals surface area contributed by atoms with Crippen molar-refractivity contribution in [2.45, 2.75) is 11.8 Å². The van der Waals surface area contributed by atoms with E-state index in [4.69, 9.17) is 4.42 Å². The predicted octanol–water partition coefficient (Wildman–Crippen LogP) is 2.71. The Kier molecular flexibility index (Phi) is 6.16. The van der Waals surface area contributed by atoms with Crippen LogP contribution < -0.4 is 0 Å². The summed E-state index contributed by atoms with van der Waals surface area (Å²) in [6.07, 6.45) is 3.59. The molecule has 150 valence electrons. The van der Waals surface area contributed by atoms with Gasteiger partial charge in [0.15, 0.2) is 0 Å². The summed E-state index contributed by atoms with van der Waals surface area (Å²) in [5, 5.41) is 8.25. The molecule has 0 N–H and O–H groups in total. The van der Waals surface area contributed by atoms with Crippen molar-refractivity contribution in [2.75, 3.05) is 31.9 Å². The van der Waals surface area contributed by atoms with Crippen LogP contribution in [0.1, 0.15) is 5.56 Å². The summed E-state index contributed by atoms with van der Waals surface area (Å²) in [7, 11) is 0. The van der Waals surface area contributed by atoms with Gasteiger partial charge in [-0.3, -0.25) is 14.7 Å². The van der Waals surface area contributed by atoms with Crippen LogP contribution >= 0.6 is 11.8 Å². The van der Waals surface area contributed by atoms with Gasteiger partial charge in [0, 0.05) is 50.7 Å². The zero-order chi connectivity index (χ0) is 20.1. The molecule has 1 aliphatic heterocycles. The number of nitrogens with zero attached hydrogens (tertiary/aromatic N) is 5. The normalized spacial score (nSPS) is 14.9. The fourth-order valence-corrected chi connectivity index (χ4v) is 3.76. The molecule has 1 fully saturated rings. The number of benzene rings is 1. The Balaban J connectivity index is 1.24. The van der Waals surface area contributed by atoms with Crippen LogP contribution in [0, 0.1) is 5.82 Å². The molecule has 1 aromatic carbocycles. The van der Waals surface area contributed by atoms with Gasteiger partial charge in [0.25, 0.3) is 5.22 Å². The lowest BCUT2D eigenvalue weighted by molar-refractivity contribution is -0.130. The van der Waals surface area contributed by atoms with E-state index < -0.39 is 0 Å². The minimum atomic E-state index is -0.325. The largest absolute Gasteiger partial charge is 0.411 e. The van der Waals surface area contributed by atoms with Gasteiger partial charge in [-0.15, -0.1) is 10.2 Å². The third kappa shape index (κ3) is 5.18. The first-order valence-electron chi connectivity index (χ1n) is 9.29. The third-order valence-electron chi connectivity index (χ3n) is 4.70. The van der Waals surface area contributed by atoms with Crippen LogP contribution in [0.5, 0.6) is 0 Å². The SMILES string of the molecule is O=C(CSc1nnc(-c2ccc(F)cc2)o1)N1CCN(Cc2ccncc2)CC1. The maximum atomic E-state index is 13.0. The van der Waals surface area contributed by atoms with Crippen LogP contribution in [0.15, 0.2) is 58.4 Å². The topological polar surface area (TPSA) is 75.4 Å². The zero-order valence-electron chi connectivity index (χ0n) is 15.7. The molecular weight excluding hydrogens is 393 g/mol. The molecule has 7 nitrogen and oxygen atoms in total. The molecule has 9 heteroatoms. The van der Waals surface area contributed by atoms with Crippen LogP contribution in [-0.4, -0.2) is 62.8 Å². The number of pyridine rings is 1. The van der Waals surface area contributed by atoms with Gasteiger partial charge >= 0.3 is 0 Å². The Bertz CT molecular complexity index is 943. The summed E-state index contributed by atoms with van der Waals surface area (Å²) < 4.78 is 18.6. The van der Waals surface area contributed by atoms with Crippen LogP contribution in [-0.2, 0) is 11.3 Å². The molecule has 0 bridgehead atoms. The number of amides is 1. The first-order valence-corrected chi connectivity index (χ1v) is 10.3. The van der Waals surface area contributed by atoms with Gasteiger partial charge in [-0.05, 0) is 42.0 Å². The van der Waals surface area contributed by atoms with E-state index in [1.54, 1.807) is 24.5 Å². The van der Waals surface area contributed by atoms with Crippen molar-refractivity contribution < 1.29 is 13.6 Å². The van der Waals surface area contributed by atoms with Gasteiger partial charge in [-0.25, -0.2) is 4.39 Å². The van der Waals surface area contributed by atoms with Gasteiger partial charge < -0.3 is 9.32 Å². The molecule has 1 aliphatic rings. The van der Waals surface area contributed by atoms with Crippen molar-refractivity contribution in [1.29, 1.82) is 0 Å². The Morgan fingerprint density at radius 1 is 1.03 bits per heavy atom. The van der Waals surface area contributed by atoms with Crippen molar-refractivity contribution in [3.63, 3.8) is 0 Å². The molecule has 0 saturated carbocycles. The van der Waals surface area contributed by atoms with Crippen molar-refractivity contribution in [1.82, 2.24) is 25.0 Å². The number of hydrogen-bond acceptors (Lipinski definition) is 7. The summed E-state index contributed by atoms with van der Waals surface area (Å²) in [6, 6.07) is 9.85. The molecule has 0 atom stereocenters. The van der Waals surface area contributed by atoms with E-state index in [0.29, 0.717) is 29.8 Å². The van der Waals surface area contributed by atoms with Crippen LogP contribution in [0.2, 0.25) is 0 Å². The molecule has 0 aliphatic carbocycles. The predicted molar refractivity (Wildman–Crippen MR) is 107 cm³/mol. The van der Waals surface area contributed by atoms with E-state index >= 15 is 0 Å². The molecule has 3 aromatic rings. The van der Waals surface area contributed by atoms with Crippen molar-refractivity contribution >= 4 is 17.7 Å². The maximum Gasteiger partial charge on any atom is 0.277 e. The van der Waals surface area contributed by atoms with Crippen LogP contribution in [0.4, 0.5) is 4.39 Å². The van der Waals surface area contributed by atoms with Crippen LogP contribution in [0.3, 0.4) is 0 Å². The van der Waals surface area contributed by atoms with Gasteiger partial charge in [0.05, 0.1) is 5.75 Å². The number of piperazine rings is 1. The van der Waals surface area contributed by atoms with E-state index in [1.165, 1.54) is 29.5 Å². The summed E-state index contributed by atoms with van der Waals surface area (Å²) >= 11 is 1.22. The van der Waals surface area contributed by atoms with Crippen molar-refractivity contribution in [2.24, 2.45) is 0 Å². The lowest BCUT2D eigenvalue weighted by atomic mass is 10.2. The van der Waals surface area contributed by atoms with Gasteiger partial charge in [-0.1, -0.05) is 11.8 Å². The number of carbonyl (C=O) groups excluding carboxylic acids is 1. The molecule has 0 unspecified atom stereocenters. The quantitative estimate of drug-likeness (QED) is 0.575. The lowest BCUT2D eigenvalue weighted by Gasteiger charge is -2.34. The Labute approximate surface area is 171 Å². The summed E-state index contributed by atoms with van der Waals surface area (Å²) in [6.45, 7) is 3.96. The van der Waals surface area contributed by atoms with E-state index in [9.17, 15) is 9.18 Å². The van der Waals surface area contributed by atoms with Gasteiger partial charge in [-0.2, -0.15) is 0 Å². The molecule has 1 amide bonds. The average Bonchev–Trinajstić information content (AvgIpc) is 3.23. The molecular formula is C20H20FN5O2S. The first kappa shape index (κ1) is 19.5. The van der Waals surface area contributed by atoms with Crippen molar-refractivity contribution in [3.05, 3.63) is 60.2 Å². The second kappa shape index (κ2) is 9.15. The molecule has 29 heavy (non-hydrogen) atoms. The second-order valence-electron chi connectivity index (χ2n) is 6.68. The monoisotopic (exact) mass is 413 g/mol. The number of thioether (sulfide) groups is 1. The standard InChI is InChI=1S/C20H20FN5O2S/c21-17-3-1-16(2-4-17)19-23-24-20(28-19)29-14-18(27)26-11-9-25(10-12-26)13-15-5-7-22-8-6-15/h1-8H,9-14H2. The first-order chi connectivity index (χ1) is 14.2. The summed E-state index contributed by atoms with van der Waals surface area (Å²) in [5.41, 5.74) is 1.87. The molecule has 1 saturated heterocycles. The molecule has 3 heterocycles. The third-order valence-corrected chi connectivity index (χ3v) is 5.50. The van der Waals surface area contributed by atoms with Gasteiger partial charge in [0.1, 0.15) is 5.82 Å². The number of halogens is 1. The lowest BCUT2D eigenvalue weighted by Crippen LogP contribution is -2.48. The number of aromatic nitrogens is 3.